The molecule has 25 heavy (non-hydrogen) atoms. The average molecular weight is 348 g/mol. The summed E-state index contributed by atoms with van der Waals surface area (Å²) in [5.74, 6) is 1.71. The highest BCUT2D eigenvalue weighted by atomic mass is 16.5. The van der Waals surface area contributed by atoms with Crippen LogP contribution >= 0.6 is 0 Å². The van der Waals surface area contributed by atoms with E-state index in [0.717, 1.165) is 57.3 Å². The largest absolute Gasteiger partial charge is 0.493 e. The number of piperazine rings is 1. The number of nitrogens with one attached hydrogen (secondary N) is 1. The normalized spacial score (nSPS) is 20.6. The molecule has 0 radical (unpaired) electrons. The Morgan fingerprint density at radius 3 is 2.52 bits per heavy atom. The Kier molecular flexibility index (Phi) is 6.96. The van der Waals surface area contributed by atoms with Crippen LogP contribution in [0.1, 0.15) is 37.8 Å². The number of methoxy groups -OCH3 is 1. The Bertz CT molecular complexity index is 526. The maximum absolute atomic E-state index is 5.96. The number of ether oxygens (including phenoxy) is 2. The Hall–Kier alpha value is -1.30. The smallest absolute Gasteiger partial charge is 0.161 e. The van der Waals surface area contributed by atoms with Crippen LogP contribution in [0.3, 0.4) is 0 Å². The molecule has 0 amide bonds. The maximum atomic E-state index is 5.96. The van der Waals surface area contributed by atoms with E-state index in [1.807, 2.05) is 0 Å². The van der Waals surface area contributed by atoms with Gasteiger partial charge in [0.05, 0.1) is 13.7 Å². The van der Waals surface area contributed by atoms with Crippen molar-refractivity contribution in [2.24, 2.45) is 0 Å². The number of benzene rings is 1. The van der Waals surface area contributed by atoms with Gasteiger partial charge in [0.15, 0.2) is 11.5 Å². The summed E-state index contributed by atoms with van der Waals surface area (Å²) in [5.41, 5.74) is 1.35. The van der Waals surface area contributed by atoms with Crippen molar-refractivity contribution in [1.29, 1.82) is 0 Å². The van der Waals surface area contributed by atoms with E-state index in [-0.39, 0.29) is 0 Å². The van der Waals surface area contributed by atoms with Crippen molar-refractivity contribution in [1.82, 2.24) is 15.1 Å². The third-order valence-electron chi connectivity index (χ3n) is 5.26. The van der Waals surface area contributed by atoms with Gasteiger partial charge in [-0.25, -0.2) is 0 Å². The minimum atomic E-state index is 0.426. The molecule has 0 aliphatic carbocycles. The van der Waals surface area contributed by atoms with Crippen molar-refractivity contribution in [3.05, 3.63) is 23.8 Å². The van der Waals surface area contributed by atoms with Crippen LogP contribution in [0.15, 0.2) is 18.2 Å². The van der Waals surface area contributed by atoms with E-state index in [4.69, 9.17) is 9.47 Å². The standard InChI is InChI=1S/C20H33N3O2/c1-3-14-25-20-15-17(6-7-19(20)24-2)18(16-22-10-4-5-11-22)23-12-8-21-9-13-23/h6-7,15,18,21H,3-5,8-14,16H2,1-2H3. The lowest BCUT2D eigenvalue weighted by molar-refractivity contribution is 0.135. The fraction of sp³-hybridized carbons (Fsp3) is 0.700. The summed E-state index contributed by atoms with van der Waals surface area (Å²) in [6.07, 6.45) is 3.67. The molecule has 1 aromatic rings. The number of hydrogen-bond donors (Lipinski definition) is 1. The van der Waals surface area contributed by atoms with Gasteiger partial charge in [0.2, 0.25) is 0 Å². The van der Waals surface area contributed by atoms with E-state index in [2.05, 4.69) is 40.2 Å². The predicted molar refractivity (Wildman–Crippen MR) is 102 cm³/mol. The summed E-state index contributed by atoms with van der Waals surface area (Å²) >= 11 is 0. The molecule has 140 valence electrons. The highest BCUT2D eigenvalue weighted by molar-refractivity contribution is 5.44. The molecule has 2 aliphatic heterocycles. The maximum Gasteiger partial charge on any atom is 0.161 e. The molecular weight excluding hydrogens is 314 g/mol. The van der Waals surface area contributed by atoms with Crippen LogP contribution in [0.2, 0.25) is 0 Å². The predicted octanol–water partition coefficient (Wildman–Crippen LogP) is 2.53. The van der Waals surface area contributed by atoms with Gasteiger partial charge in [-0.2, -0.15) is 0 Å². The molecule has 3 rings (SSSR count). The molecule has 0 saturated carbocycles. The van der Waals surface area contributed by atoms with Crippen molar-refractivity contribution in [2.45, 2.75) is 32.2 Å². The fourth-order valence-corrected chi connectivity index (χ4v) is 3.86. The molecule has 1 N–H and O–H groups in total. The van der Waals surface area contributed by atoms with Crippen molar-refractivity contribution in [3.63, 3.8) is 0 Å². The average Bonchev–Trinajstić information content (AvgIpc) is 3.18. The van der Waals surface area contributed by atoms with Crippen LogP contribution in [0.4, 0.5) is 0 Å². The first kappa shape index (κ1) is 18.5. The minimum absolute atomic E-state index is 0.426. The summed E-state index contributed by atoms with van der Waals surface area (Å²) in [6.45, 7) is 10.8. The van der Waals surface area contributed by atoms with E-state index in [9.17, 15) is 0 Å². The van der Waals surface area contributed by atoms with E-state index in [0.29, 0.717) is 6.04 Å². The van der Waals surface area contributed by atoms with Gasteiger partial charge in [0.25, 0.3) is 0 Å². The molecule has 2 heterocycles. The Morgan fingerprint density at radius 2 is 1.84 bits per heavy atom. The molecule has 2 fully saturated rings. The number of rotatable bonds is 8. The molecule has 1 unspecified atom stereocenters. The lowest BCUT2D eigenvalue weighted by Gasteiger charge is -2.37. The fourth-order valence-electron chi connectivity index (χ4n) is 3.86. The Labute approximate surface area is 152 Å². The first-order valence-electron chi connectivity index (χ1n) is 9.79. The van der Waals surface area contributed by atoms with Crippen molar-refractivity contribution >= 4 is 0 Å². The second-order valence-electron chi connectivity index (χ2n) is 7.07. The Balaban J connectivity index is 1.82. The lowest BCUT2D eigenvalue weighted by Crippen LogP contribution is -2.47. The first-order valence-corrected chi connectivity index (χ1v) is 9.79. The second kappa shape index (κ2) is 9.41. The topological polar surface area (TPSA) is 37.0 Å². The highest BCUT2D eigenvalue weighted by Gasteiger charge is 2.26. The monoisotopic (exact) mass is 347 g/mol. The van der Waals surface area contributed by atoms with Crippen LogP contribution in [0, 0.1) is 0 Å². The molecule has 5 heteroatoms. The lowest BCUT2D eigenvalue weighted by atomic mass is 10.0. The molecule has 0 aromatic heterocycles. The van der Waals surface area contributed by atoms with Crippen LogP contribution < -0.4 is 14.8 Å². The second-order valence-corrected chi connectivity index (χ2v) is 7.07. The Morgan fingerprint density at radius 1 is 1.08 bits per heavy atom. The third-order valence-corrected chi connectivity index (χ3v) is 5.26. The van der Waals surface area contributed by atoms with Crippen molar-refractivity contribution in [3.8, 4) is 11.5 Å². The van der Waals surface area contributed by atoms with Crippen molar-refractivity contribution < 1.29 is 9.47 Å². The minimum Gasteiger partial charge on any atom is -0.493 e. The van der Waals surface area contributed by atoms with E-state index in [1.165, 1.54) is 31.5 Å². The summed E-state index contributed by atoms with van der Waals surface area (Å²) < 4.78 is 11.5. The molecule has 0 bridgehead atoms. The van der Waals surface area contributed by atoms with Gasteiger partial charge in [0.1, 0.15) is 0 Å². The molecule has 1 atom stereocenters. The number of hydrogen-bond acceptors (Lipinski definition) is 5. The highest BCUT2D eigenvalue weighted by Crippen LogP contribution is 2.33. The van der Waals surface area contributed by atoms with Crippen molar-refractivity contribution in [2.75, 3.05) is 59.5 Å². The molecule has 2 saturated heterocycles. The summed E-state index contributed by atoms with van der Waals surface area (Å²) in [4.78, 5) is 5.24. The molecule has 2 aliphatic rings. The summed E-state index contributed by atoms with van der Waals surface area (Å²) in [7, 11) is 1.71. The number of likely N-dealkylation sites (tertiary alicyclic amines) is 1. The van der Waals surface area contributed by atoms with Gasteiger partial charge in [0, 0.05) is 38.8 Å². The molecule has 1 aromatic carbocycles. The van der Waals surface area contributed by atoms with E-state index in [1.54, 1.807) is 7.11 Å². The third kappa shape index (κ3) is 4.87. The molecular formula is C20H33N3O2. The first-order chi connectivity index (χ1) is 12.3. The van der Waals surface area contributed by atoms with Crippen LogP contribution in [-0.4, -0.2) is 69.3 Å². The quantitative estimate of drug-likeness (QED) is 0.782. The zero-order chi connectivity index (χ0) is 17.5. The van der Waals surface area contributed by atoms with Crippen LogP contribution in [0.5, 0.6) is 11.5 Å². The molecule has 5 nitrogen and oxygen atoms in total. The van der Waals surface area contributed by atoms with Crippen LogP contribution in [0.25, 0.3) is 0 Å². The van der Waals surface area contributed by atoms with Gasteiger partial charge in [-0.05, 0) is 50.0 Å². The zero-order valence-corrected chi connectivity index (χ0v) is 15.8. The van der Waals surface area contributed by atoms with Gasteiger partial charge < -0.3 is 19.7 Å². The van der Waals surface area contributed by atoms with E-state index < -0.39 is 0 Å². The zero-order valence-electron chi connectivity index (χ0n) is 15.8. The summed E-state index contributed by atoms with van der Waals surface area (Å²) in [5, 5.41) is 3.47. The van der Waals surface area contributed by atoms with E-state index >= 15 is 0 Å². The van der Waals surface area contributed by atoms with Gasteiger partial charge in [-0.1, -0.05) is 13.0 Å². The van der Waals surface area contributed by atoms with Gasteiger partial charge >= 0.3 is 0 Å². The van der Waals surface area contributed by atoms with Gasteiger partial charge in [-0.15, -0.1) is 0 Å². The SMILES string of the molecule is CCCOc1cc(C(CN2CCCC2)N2CCNCC2)ccc1OC. The molecule has 0 spiro atoms. The number of nitrogens with zero attached hydrogens (tertiary/aromatic N) is 2. The summed E-state index contributed by atoms with van der Waals surface area (Å²) in [6, 6.07) is 6.92. The van der Waals surface area contributed by atoms with Crippen LogP contribution in [-0.2, 0) is 0 Å². The van der Waals surface area contributed by atoms with Gasteiger partial charge in [-0.3, -0.25) is 4.90 Å².